The maximum atomic E-state index is 6.24. The first-order chi connectivity index (χ1) is 9.09. The average molecular weight is 268 g/mol. The highest BCUT2D eigenvalue weighted by atomic mass is 16.5. The lowest BCUT2D eigenvalue weighted by molar-refractivity contribution is -0.0291. The summed E-state index contributed by atoms with van der Waals surface area (Å²) in [6.45, 7) is 7.38. The lowest BCUT2D eigenvalue weighted by Crippen LogP contribution is -2.59. The van der Waals surface area contributed by atoms with Crippen molar-refractivity contribution in [2.45, 2.75) is 64.0 Å². The third-order valence-corrected chi connectivity index (χ3v) is 5.67. The lowest BCUT2D eigenvalue weighted by Gasteiger charge is -2.51. The molecule has 0 spiro atoms. The molecule has 3 nitrogen and oxygen atoms in total. The number of rotatable bonds is 4. The molecule has 0 amide bonds. The van der Waals surface area contributed by atoms with Crippen molar-refractivity contribution in [3.05, 3.63) is 0 Å². The van der Waals surface area contributed by atoms with Crippen LogP contribution in [0.5, 0.6) is 0 Å². The van der Waals surface area contributed by atoms with E-state index in [0.717, 1.165) is 31.6 Å². The van der Waals surface area contributed by atoms with Gasteiger partial charge in [-0.15, -0.1) is 0 Å². The molecular weight excluding hydrogens is 236 g/mol. The van der Waals surface area contributed by atoms with Gasteiger partial charge in [0.15, 0.2) is 0 Å². The Hall–Kier alpha value is -0.120. The van der Waals surface area contributed by atoms with Crippen LogP contribution in [0.3, 0.4) is 0 Å². The molecule has 0 bridgehead atoms. The third kappa shape index (κ3) is 3.32. The van der Waals surface area contributed by atoms with E-state index in [-0.39, 0.29) is 5.54 Å². The van der Waals surface area contributed by atoms with E-state index >= 15 is 0 Å². The molecule has 2 aliphatic rings. The molecule has 1 saturated heterocycles. The van der Waals surface area contributed by atoms with Crippen molar-refractivity contribution in [1.82, 2.24) is 4.90 Å². The minimum absolute atomic E-state index is 0.245. The quantitative estimate of drug-likeness (QED) is 0.852. The Morgan fingerprint density at radius 1 is 1.26 bits per heavy atom. The number of nitrogens with two attached hydrogens (primary N) is 1. The number of hydrogen-bond acceptors (Lipinski definition) is 3. The summed E-state index contributed by atoms with van der Waals surface area (Å²) in [7, 11) is 2.31. The Morgan fingerprint density at radius 2 is 1.95 bits per heavy atom. The molecule has 2 fully saturated rings. The van der Waals surface area contributed by atoms with Gasteiger partial charge in [-0.3, -0.25) is 4.90 Å². The van der Waals surface area contributed by atoms with E-state index in [1.807, 2.05) is 0 Å². The highest BCUT2D eigenvalue weighted by Crippen LogP contribution is 2.40. The van der Waals surface area contributed by atoms with Crippen LogP contribution in [0.2, 0.25) is 0 Å². The van der Waals surface area contributed by atoms with E-state index in [2.05, 4.69) is 25.8 Å². The second-order valence-electron chi connectivity index (χ2n) is 6.98. The van der Waals surface area contributed by atoms with Crippen molar-refractivity contribution in [2.75, 3.05) is 26.8 Å². The minimum atomic E-state index is 0.245. The summed E-state index contributed by atoms with van der Waals surface area (Å²) in [5.41, 5.74) is 6.48. The van der Waals surface area contributed by atoms with Crippen molar-refractivity contribution in [3.8, 4) is 0 Å². The van der Waals surface area contributed by atoms with E-state index in [4.69, 9.17) is 10.5 Å². The summed E-state index contributed by atoms with van der Waals surface area (Å²) in [6, 6.07) is 0.670. The number of nitrogens with zero attached hydrogens (tertiary/aromatic N) is 1. The van der Waals surface area contributed by atoms with Gasteiger partial charge < -0.3 is 10.5 Å². The molecule has 0 radical (unpaired) electrons. The standard InChI is InChI=1S/C16H32N2O/c1-13(2)14-5-4-8-16(11-14,12-17)18(3)15-6-9-19-10-7-15/h13-15H,4-12,17H2,1-3H3. The van der Waals surface area contributed by atoms with Crippen LogP contribution in [0.15, 0.2) is 0 Å². The molecule has 19 heavy (non-hydrogen) atoms. The van der Waals surface area contributed by atoms with E-state index < -0.39 is 0 Å². The Kier molecular flexibility index (Phi) is 5.27. The van der Waals surface area contributed by atoms with Gasteiger partial charge in [0, 0.05) is 31.3 Å². The van der Waals surface area contributed by atoms with Crippen LogP contribution >= 0.6 is 0 Å². The first-order valence-corrected chi connectivity index (χ1v) is 8.10. The molecule has 0 aromatic rings. The van der Waals surface area contributed by atoms with Crippen LogP contribution in [-0.4, -0.2) is 43.3 Å². The maximum absolute atomic E-state index is 6.24. The van der Waals surface area contributed by atoms with Gasteiger partial charge in [-0.1, -0.05) is 26.7 Å². The van der Waals surface area contributed by atoms with Crippen molar-refractivity contribution >= 4 is 0 Å². The zero-order valence-corrected chi connectivity index (χ0v) is 13.0. The molecule has 2 rings (SSSR count). The van der Waals surface area contributed by atoms with Gasteiger partial charge in [0.05, 0.1) is 0 Å². The van der Waals surface area contributed by atoms with Crippen LogP contribution in [-0.2, 0) is 4.74 Å². The molecule has 0 aromatic heterocycles. The SMILES string of the molecule is CC(C)C1CCCC(CN)(N(C)C2CCOCC2)C1. The van der Waals surface area contributed by atoms with Gasteiger partial charge in [0.25, 0.3) is 0 Å². The molecule has 1 aliphatic heterocycles. The summed E-state index contributed by atoms with van der Waals surface area (Å²) < 4.78 is 5.51. The van der Waals surface area contributed by atoms with Crippen molar-refractivity contribution < 1.29 is 4.74 Å². The molecule has 3 heteroatoms. The summed E-state index contributed by atoms with van der Waals surface area (Å²) in [5, 5.41) is 0. The van der Waals surface area contributed by atoms with Crippen LogP contribution in [0.1, 0.15) is 52.4 Å². The van der Waals surface area contributed by atoms with Crippen molar-refractivity contribution in [1.29, 1.82) is 0 Å². The number of likely N-dealkylation sites (N-methyl/N-ethyl adjacent to an activating group) is 1. The first kappa shape index (κ1) is 15.3. The predicted molar refractivity (Wildman–Crippen MR) is 80.2 cm³/mol. The summed E-state index contributed by atoms with van der Waals surface area (Å²) in [4.78, 5) is 2.63. The van der Waals surface area contributed by atoms with Crippen molar-refractivity contribution in [3.63, 3.8) is 0 Å². The summed E-state index contributed by atoms with van der Waals surface area (Å²) in [5.74, 6) is 1.63. The number of hydrogen-bond donors (Lipinski definition) is 1. The Labute approximate surface area is 118 Å². The Morgan fingerprint density at radius 3 is 2.53 bits per heavy atom. The smallest absolute Gasteiger partial charge is 0.0480 e. The fourth-order valence-electron chi connectivity index (χ4n) is 4.06. The maximum Gasteiger partial charge on any atom is 0.0480 e. The molecule has 112 valence electrons. The van der Waals surface area contributed by atoms with Crippen LogP contribution in [0.25, 0.3) is 0 Å². The van der Waals surface area contributed by atoms with Gasteiger partial charge >= 0.3 is 0 Å². The van der Waals surface area contributed by atoms with Gasteiger partial charge in [0.1, 0.15) is 0 Å². The fraction of sp³-hybridized carbons (Fsp3) is 1.00. The first-order valence-electron chi connectivity index (χ1n) is 8.10. The normalized spacial score (nSPS) is 34.1. The molecule has 1 heterocycles. The van der Waals surface area contributed by atoms with E-state index in [0.29, 0.717) is 6.04 Å². The molecule has 1 aliphatic carbocycles. The molecule has 1 saturated carbocycles. The van der Waals surface area contributed by atoms with Crippen molar-refractivity contribution in [2.24, 2.45) is 17.6 Å². The monoisotopic (exact) mass is 268 g/mol. The average Bonchev–Trinajstić information content (AvgIpc) is 2.47. The molecular formula is C16H32N2O. The van der Waals surface area contributed by atoms with Gasteiger partial charge in [-0.25, -0.2) is 0 Å². The molecule has 2 N–H and O–H groups in total. The zero-order valence-electron chi connectivity index (χ0n) is 13.0. The molecule has 0 aromatic carbocycles. The highest BCUT2D eigenvalue weighted by molar-refractivity contribution is 4.98. The Balaban J connectivity index is 2.07. The van der Waals surface area contributed by atoms with E-state index in [1.54, 1.807) is 0 Å². The Bertz CT molecular complexity index is 276. The second kappa shape index (κ2) is 6.55. The third-order valence-electron chi connectivity index (χ3n) is 5.67. The van der Waals surface area contributed by atoms with Gasteiger partial charge in [0.2, 0.25) is 0 Å². The van der Waals surface area contributed by atoms with Gasteiger partial charge in [-0.05, 0) is 44.6 Å². The van der Waals surface area contributed by atoms with E-state index in [1.165, 1.54) is 38.5 Å². The largest absolute Gasteiger partial charge is 0.381 e. The van der Waals surface area contributed by atoms with Crippen LogP contribution in [0.4, 0.5) is 0 Å². The van der Waals surface area contributed by atoms with E-state index in [9.17, 15) is 0 Å². The summed E-state index contributed by atoms with van der Waals surface area (Å²) >= 11 is 0. The summed E-state index contributed by atoms with van der Waals surface area (Å²) in [6.07, 6.45) is 7.64. The molecule has 2 atom stereocenters. The minimum Gasteiger partial charge on any atom is -0.381 e. The highest BCUT2D eigenvalue weighted by Gasteiger charge is 2.41. The second-order valence-corrected chi connectivity index (χ2v) is 6.98. The fourth-order valence-corrected chi connectivity index (χ4v) is 4.06. The topological polar surface area (TPSA) is 38.5 Å². The van der Waals surface area contributed by atoms with Crippen LogP contribution in [0, 0.1) is 11.8 Å². The van der Waals surface area contributed by atoms with Crippen LogP contribution < -0.4 is 5.73 Å². The zero-order chi connectivity index (χ0) is 13.9. The lowest BCUT2D eigenvalue weighted by atomic mass is 9.70. The predicted octanol–water partition coefficient (Wildman–Crippen LogP) is 2.64. The number of ether oxygens (including phenoxy) is 1. The molecule has 2 unspecified atom stereocenters. The van der Waals surface area contributed by atoms with Gasteiger partial charge in [-0.2, -0.15) is 0 Å².